The largest absolute Gasteiger partial charge is 0.309 e. The summed E-state index contributed by atoms with van der Waals surface area (Å²) >= 11 is 0. The van der Waals surface area contributed by atoms with Crippen molar-refractivity contribution in [2.45, 2.75) is 0 Å². The van der Waals surface area contributed by atoms with Gasteiger partial charge in [0.2, 0.25) is 0 Å². The lowest BCUT2D eigenvalue weighted by Crippen LogP contribution is -1.99. The Labute approximate surface area is 287 Å². The van der Waals surface area contributed by atoms with Gasteiger partial charge in [-0.15, -0.1) is 0 Å². The highest BCUT2D eigenvalue weighted by molar-refractivity contribution is 6.11. The summed E-state index contributed by atoms with van der Waals surface area (Å²) in [5.41, 5.74) is 10.5. The lowest BCUT2D eigenvalue weighted by atomic mass is 9.90. The molecule has 2 aromatic heterocycles. The van der Waals surface area contributed by atoms with Gasteiger partial charge in [0, 0.05) is 38.4 Å². The van der Waals surface area contributed by atoms with Gasteiger partial charge in [-0.2, -0.15) is 15.8 Å². The molecule has 5 heteroatoms. The standard InChI is InChI=1S/C45H25N5/c46-26-29-20-21-44-39(22-29)38-15-4-8-19-43(38)50(44)40-16-5-1-12-35(40)31-23-32(27-47)45(33(24-31)28-48)30-10-9-11-34(25-30)49-41-17-6-2-13-36(41)37-14-3-7-18-42(37)49/h1-25H. The van der Waals surface area contributed by atoms with Crippen molar-refractivity contribution in [3.05, 3.63) is 168 Å². The van der Waals surface area contributed by atoms with Crippen LogP contribution in [0.5, 0.6) is 0 Å². The molecule has 0 aliphatic heterocycles. The van der Waals surface area contributed by atoms with Gasteiger partial charge >= 0.3 is 0 Å². The summed E-state index contributed by atoms with van der Waals surface area (Å²) in [6, 6.07) is 57.7. The summed E-state index contributed by atoms with van der Waals surface area (Å²) in [6.07, 6.45) is 0. The van der Waals surface area contributed by atoms with Crippen molar-refractivity contribution in [1.29, 1.82) is 15.8 Å². The van der Waals surface area contributed by atoms with Gasteiger partial charge in [0.1, 0.15) is 0 Å². The maximum atomic E-state index is 10.6. The van der Waals surface area contributed by atoms with Gasteiger partial charge in [0.15, 0.2) is 0 Å². The van der Waals surface area contributed by atoms with E-state index in [2.05, 4.69) is 94.1 Å². The molecule has 0 aliphatic rings. The van der Waals surface area contributed by atoms with Gasteiger partial charge in [0.25, 0.3) is 0 Å². The van der Waals surface area contributed by atoms with Crippen LogP contribution in [0, 0.1) is 34.0 Å². The predicted octanol–water partition coefficient (Wildman–Crippen LogP) is 10.8. The minimum atomic E-state index is 0.425. The molecule has 0 amide bonds. The van der Waals surface area contributed by atoms with E-state index in [9.17, 15) is 15.8 Å². The highest BCUT2D eigenvalue weighted by atomic mass is 15.0. The van der Waals surface area contributed by atoms with Crippen molar-refractivity contribution in [2.24, 2.45) is 0 Å². The molecule has 0 saturated carbocycles. The van der Waals surface area contributed by atoms with E-state index >= 15 is 0 Å². The van der Waals surface area contributed by atoms with Crippen LogP contribution in [0.3, 0.4) is 0 Å². The number of aromatic nitrogens is 2. The van der Waals surface area contributed by atoms with E-state index < -0.39 is 0 Å². The molecule has 0 N–H and O–H groups in total. The van der Waals surface area contributed by atoms with E-state index in [-0.39, 0.29) is 0 Å². The average molecular weight is 636 g/mol. The smallest absolute Gasteiger partial charge is 0.0998 e. The van der Waals surface area contributed by atoms with Crippen molar-refractivity contribution < 1.29 is 0 Å². The quantitative estimate of drug-likeness (QED) is 0.193. The fraction of sp³-hybridized carbons (Fsp3) is 0. The third-order valence-corrected chi connectivity index (χ3v) is 9.61. The number of nitrogens with zero attached hydrogens (tertiary/aromatic N) is 5. The summed E-state index contributed by atoms with van der Waals surface area (Å²) in [7, 11) is 0. The lowest BCUT2D eigenvalue weighted by Gasteiger charge is -2.16. The molecule has 0 bridgehead atoms. The van der Waals surface area contributed by atoms with Crippen LogP contribution >= 0.6 is 0 Å². The maximum absolute atomic E-state index is 10.6. The van der Waals surface area contributed by atoms with Gasteiger partial charge in [-0.3, -0.25) is 0 Å². The van der Waals surface area contributed by atoms with Gasteiger partial charge in [-0.05, 0) is 77.9 Å². The normalized spacial score (nSPS) is 11.1. The third kappa shape index (κ3) is 4.31. The van der Waals surface area contributed by atoms with Crippen molar-refractivity contribution in [3.8, 4) is 51.8 Å². The maximum Gasteiger partial charge on any atom is 0.0998 e. The van der Waals surface area contributed by atoms with Crippen molar-refractivity contribution in [2.75, 3.05) is 0 Å². The first-order valence-corrected chi connectivity index (χ1v) is 16.3. The lowest BCUT2D eigenvalue weighted by molar-refractivity contribution is 1.18. The number of benzene rings is 7. The minimum Gasteiger partial charge on any atom is -0.309 e. The van der Waals surface area contributed by atoms with E-state index in [0.717, 1.165) is 60.9 Å². The summed E-state index contributed by atoms with van der Waals surface area (Å²) < 4.78 is 4.44. The van der Waals surface area contributed by atoms with Crippen LogP contribution in [0.2, 0.25) is 0 Å². The van der Waals surface area contributed by atoms with Crippen LogP contribution in [0.1, 0.15) is 16.7 Å². The molecule has 0 radical (unpaired) electrons. The molecular weight excluding hydrogens is 611 g/mol. The number of hydrogen-bond donors (Lipinski definition) is 0. The molecule has 230 valence electrons. The molecule has 0 aliphatic carbocycles. The second-order valence-corrected chi connectivity index (χ2v) is 12.3. The fourth-order valence-electron chi connectivity index (χ4n) is 7.50. The molecule has 0 atom stereocenters. The second kappa shape index (κ2) is 11.4. The molecule has 7 aromatic carbocycles. The van der Waals surface area contributed by atoms with E-state index in [1.165, 1.54) is 10.8 Å². The number of nitriles is 3. The zero-order valence-corrected chi connectivity index (χ0v) is 26.7. The second-order valence-electron chi connectivity index (χ2n) is 12.3. The number of hydrogen-bond acceptors (Lipinski definition) is 3. The monoisotopic (exact) mass is 635 g/mol. The zero-order chi connectivity index (χ0) is 33.8. The number of para-hydroxylation sites is 4. The molecule has 50 heavy (non-hydrogen) atoms. The van der Waals surface area contributed by atoms with E-state index in [0.29, 0.717) is 22.3 Å². The molecule has 0 saturated heterocycles. The Morgan fingerprint density at radius 3 is 1.60 bits per heavy atom. The van der Waals surface area contributed by atoms with E-state index in [1.54, 1.807) is 0 Å². The molecule has 5 nitrogen and oxygen atoms in total. The first-order chi connectivity index (χ1) is 24.7. The molecule has 0 unspecified atom stereocenters. The first kappa shape index (κ1) is 28.8. The molecule has 0 spiro atoms. The van der Waals surface area contributed by atoms with Gasteiger partial charge in [0.05, 0.1) is 62.7 Å². The Morgan fingerprint density at radius 1 is 0.400 bits per heavy atom. The minimum absolute atomic E-state index is 0.425. The van der Waals surface area contributed by atoms with Crippen LogP contribution in [-0.2, 0) is 0 Å². The van der Waals surface area contributed by atoms with E-state index in [1.807, 2.05) is 84.9 Å². The number of rotatable bonds is 4. The van der Waals surface area contributed by atoms with Crippen molar-refractivity contribution in [1.82, 2.24) is 9.13 Å². The Balaban J connectivity index is 1.23. The molecule has 2 heterocycles. The predicted molar refractivity (Wildman–Crippen MR) is 200 cm³/mol. The SMILES string of the molecule is N#Cc1ccc2c(c1)c1ccccc1n2-c1ccccc1-c1cc(C#N)c(-c2cccc(-n3c4ccccc4c4ccccc43)c2)c(C#N)c1. The van der Waals surface area contributed by atoms with Crippen LogP contribution in [0.25, 0.3) is 77.2 Å². The fourth-order valence-corrected chi connectivity index (χ4v) is 7.50. The first-order valence-electron chi connectivity index (χ1n) is 16.3. The van der Waals surface area contributed by atoms with Gasteiger partial charge in [-0.25, -0.2) is 0 Å². The third-order valence-electron chi connectivity index (χ3n) is 9.61. The van der Waals surface area contributed by atoms with Crippen LogP contribution < -0.4 is 0 Å². The summed E-state index contributed by atoms with van der Waals surface area (Å²) in [6.45, 7) is 0. The Morgan fingerprint density at radius 2 is 0.960 bits per heavy atom. The molecular formula is C45H25N5. The molecule has 9 rings (SSSR count). The van der Waals surface area contributed by atoms with Crippen molar-refractivity contribution in [3.63, 3.8) is 0 Å². The summed E-state index contributed by atoms with van der Waals surface area (Å²) in [5, 5.41) is 35.2. The van der Waals surface area contributed by atoms with Crippen LogP contribution in [-0.4, -0.2) is 9.13 Å². The van der Waals surface area contributed by atoms with Gasteiger partial charge < -0.3 is 9.13 Å². The Kier molecular flexibility index (Phi) is 6.56. The highest BCUT2D eigenvalue weighted by Gasteiger charge is 2.20. The zero-order valence-electron chi connectivity index (χ0n) is 26.7. The Hall–Kier alpha value is -7.39. The average Bonchev–Trinajstić information content (AvgIpc) is 3.70. The molecule has 9 aromatic rings. The van der Waals surface area contributed by atoms with E-state index in [4.69, 9.17) is 0 Å². The number of fused-ring (bicyclic) bond motifs is 6. The van der Waals surface area contributed by atoms with Crippen molar-refractivity contribution >= 4 is 43.6 Å². The van der Waals surface area contributed by atoms with Crippen LogP contribution in [0.4, 0.5) is 0 Å². The van der Waals surface area contributed by atoms with Crippen LogP contribution in [0.15, 0.2) is 152 Å². The molecule has 0 fully saturated rings. The van der Waals surface area contributed by atoms with Gasteiger partial charge in [-0.1, -0.05) is 84.9 Å². The summed E-state index contributed by atoms with van der Waals surface area (Å²) in [4.78, 5) is 0. The topological polar surface area (TPSA) is 81.2 Å². The Bertz CT molecular complexity index is 2880. The summed E-state index contributed by atoms with van der Waals surface area (Å²) in [5.74, 6) is 0. The highest BCUT2D eigenvalue weighted by Crippen LogP contribution is 2.40.